The van der Waals surface area contributed by atoms with Gasteiger partial charge in [-0.2, -0.15) is 0 Å². The van der Waals surface area contributed by atoms with Gasteiger partial charge in [-0.15, -0.1) is 24.0 Å². The zero-order chi connectivity index (χ0) is 19.5. The van der Waals surface area contributed by atoms with Crippen LogP contribution in [0.3, 0.4) is 0 Å². The van der Waals surface area contributed by atoms with Crippen molar-refractivity contribution in [1.29, 1.82) is 0 Å². The van der Waals surface area contributed by atoms with Gasteiger partial charge in [-0.05, 0) is 32.4 Å². The third kappa shape index (κ3) is 8.43. The predicted octanol–water partition coefficient (Wildman–Crippen LogP) is 3.76. The van der Waals surface area contributed by atoms with Crippen molar-refractivity contribution in [2.75, 3.05) is 20.2 Å². The minimum atomic E-state index is -0.269. The average Bonchev–Trinajstić information content (AvgIpc) is 2.70. The second kappa shape index (κ2) is 12.6. The van der Waals surface area contributed by atoms with Crippen LogP contribution in [-0.2, 0) is 17.9 Å². The van der Waals surface area contributed by atoms with E-state index in [-0.39, 0.29) is 29.6 Å². The van der Waals surface area contributed by atoms with E-state index in [1.54, 1.807) is 13.3 Å². The van der Waals surface area contributed by atoms with Crippen LogP contribution in [0.4, 0.5) is 0 Å². The molecule has 0 amide bonds. The number of aliphatic imine (C=N–C) groups is 1. The van der Waals surface area contributed by atoms with Crippen molar-refractivity contribution in [3.05, 3.63) is 59.8 Å². The molecule has 0 aliphatic rings. The summed E-state index contributed by atoms with van der Waals surface area (Å²) in [5.74, 6) is 1.35. The highest BCUT2D eigenvalue weighted by Crippen LogP contribution is 2.17. The molecule has 6 nitrogen and oxygen atoms in total. The molecule has 0 bridgehead atoms. The number of methoxy groups -OCH3 is 1. The minimum Gasteiger partial charge on any atom is -0.473 e. The minimum absolute atomic E-state index is 0. The molecular formula is C21H31IN4O2. The number of pyridine rings is 1. The van der Waals surface area contributed by atoms with E-state index in [0.29, 0.717) is 25.6 Å². The molecule has 28 heavy (non-hydrogen) atoms. The van der Waals surface area contributed by atoms with Gasteiger partial charge in [0.25, 0.3) is 0 Å². The maximum absolute atomic E-state index is 5.91. The van der Waals surface area contributed by atoms with Crippen LogP contribution >= 0.6 is 24.0 Å². The molecule has 0 atom stereocenters. The number of halogens is 1. The quantitative estimate of drug-likeness (QED) is 0.313. The van der Waals surface area contributed by atoms with Crippen LogP contribution in [0, 0.1) is 0 Å². The van der Waals surface area contributed by atoms with Crippen molar-refractivity contribution >= 4 is 29.9 Å². The van der Waals surface area contributed by atoms with Crippen LogP contribution in [0.2, 0.25) is 0 Å². The van der Waals surface area contributed by atoms with Crippen LogP contribution in [0.5, 0.6) is 5.88 Å². The first-order valence-electron chi connectivity index (χ1n) is 9.22. The van der Waals surface area contributed by atoms with Crippen LogP contribution in [0.15, 0.2) is 53.7 Å². The highest BCUT2D eigenvalue weighted by atomic mass is 127. The van der Waals surface area contributed by atoms with Crippen molar-refractivity contribution in [3.8, 4) is 5.88 Å². The topological polar surface area (TPSA) is 67.8 Å². The van der Waals surface area contributed by atoms with Gasteiger partial charge in [0.1, 0.15) is 6.61 Å². The van der Waals surface area contributed by atoms with Gasteiger partial charge in [0.05, 0.1) is 12.1 Å². The highest BCUT2D eigenvalue weighted by molar-refractivity contribution is 14.0. The molecular weight excluding hydrogens is 467 g/mol. The molecule has 0 spiro atoms. The fraction of sp³-hybridized carbons (Fsp3) is 0.429. The van der Waals surface area contributed by atoms with Gasteiger partial charge >= 0.3 is 0 Å². The molecule has 2 rings (SSSR count). The van der Waals surface area contributed by atoms with E-state index in [2.05, 4.69) is 20.6 Å². The van der Waals surface area contributed by atoms with Crippen molar-refractivity contribution in [2.45, 2.75) is 39.5 Å². The smallest absolute Gasteiger partial charge is 0.218 e. The second-order valence-electron chi connectivity index (χ2n) is 6.75. The van der Waals surface area contributed by atoms with Crippen molar-refractivity contribution in [2.24, 2.45) is 4.99 Å². The van der Waals surface area contributed by atoms with Gasteiger partial charge in [-0.3, -0.25) is 0 Å². The molecule has 0 unspecified atom stereocenters. The van der Waals surface area contributed by atoms with E-state index in [9.17, 15) is 0 Å². The summed E-state index contributed by atoms with van der Waals surface area (Å²) in [6.45, 7) is 8.48. The number of aromatic nitrogens is 1. The molecule has 0 aliphatic carbocycles. The molecule has 0 saturated heterocycles. The zero-order valence-electron chi connectivity index (χ0n) is 17.1. The summed E-state index contributed by atoms with van der Waals surface area (Å²) in [5.41, 5.74) is 1.78. The van der Waals surface area contributed by atoms with Crippen LogP contribution in [0.25, 0.3) is 0 Å². The third-order valence-corrected chi connectivity index (χ3v) is 4.05. The number of hydrogen-bond donors (Lipinski definition) is 2. The number of nitrogens with one attached hydrogen (secondary N) is 2. The van der Waals surface area contributed by atoms with E-state index in [4.69, 9.17) is 9.47 Å². The Morgan fingerprint density at radius 1 is 1.11 bits per heavy atom. The number of benzene rings is 1. The van der Waals surface area contributed by atoms with Gasteiger partial charge in [0, 0.05) is 32.0 Å². The summed E-state index contributed by atoms with van der Waals surface area (Å²) in [6, 6.07) is 13.9. The summed E-state index contributed by atoms with van der Waals surface area (Å²) in [5, 5.41) is 6.56. The van der Waals surface area contributed by atoms with Gasteiger partial charge < -0.3 is 20.1 Å². The van der Waals surface area contributed by atoms with Gasteiger partial charge in [-0.25, -0.2) is 9.98 Å². The predicted molar refractivity (Wildman–Crippen MR) is 124 cm³/mol. The number of hydrogen-bond acceptors (Lipinski definition) is 4. The van der Waals surface area contributed by atoms with Gasteiger partial charge in [0.15, 0.2) is 5.96 Å². The first-order chi connectivity index (χ1) is 13.0. The molecule has 0 aliphatic heterocycles. The molecule has 7 heteroatoms. The fourth-order valence-electron chi connectivity index (χ4n) is 2.28. The Morgan fingerprint density at radius 2 is 1.86 bits per heavy atom. The molecule has 0 fully saturated rings. The van der Waals surface area contributed by atoms with Crippen LogP contribution < -0.4 is 15.4 Å². The lowest BCUT2D eigenvalue weighted by molar-refractivity contribution is 0.0268. The summed E-state index contributed by atoms with van der Waals surface area (Å²) < 4.78 is 11.4. The van der Waals surface area contributed by atoms with E-state index >= 15 is 0 Å². The first-order valence-corrected chi connectivity index (χ1v) is 9.22. The molecule has 1 aromatic carbocycles. The normalized spacial score (nSPS) is 11.5. The Balaban J connectivity index is 0.00000392. The Bertz CT molecular complexity index is 723. The Hall–Kier alpha value is -1.87. The Morgan fingerprint density at radius 3 is 2.54 bits per heavy atom. The SMILES string of the molecule is CCNC(=NCc1cccnc1OCc1ccccc1)NCC(C)(C)OC.I. The fourth-order valence-corrected chi connectivity index (χ4v) is 2.28. The average molecular weight is 498 g/mol. The maximum atomic E-state index is 5.91. The molecule has 1 aromatic heterocycles. The lowest BCUT2D eigenvalue weighted by Gasteiger charge is -2.24. The van der Waals surface area contributed by atoms with Crippen LogP contribution in [0.1, 0.15) is 31.9 Å². The van der Waals surface area contributed by atoms with Crippen molar-refractivity contribution in [1.82, 2.24) is 15.6 Å². The summed E-state index contributed by atoms with van der Waals surface area (Å²) in [6.07, 6.45) is 1.73. The highest BCUT2D eigenvalue weighted by Gasteiger charge is 2.16. The van der Waals surface area contributed by atoms with Gasteiger partial charge in [0.2, 0.25) is 5.88 Å². The van der Waals surface area contributed by atoms with E-state index in [1.807, 2.05) is 63.2 Å². The number of rotatable bonds is 9. The standard InChI is InChI=1S/C21H30N4O2.HI/c1-5-22-20(25-16-21(2,3)26-4)24-14-18-12-9-13-23-19(18)27-15-17-10-7-6-8-11-17;/h6-13H,5,14-16H2,1-4H3,(H2,22,24,25);1H. The lowest BCUT2D eigenvalue weighted by Crippen LogP contribution is -2.45. The Labute approximate surface area is 185 Å². The van der Waals surface area contributed by atoms with E-state index < -0.39 is 0 Å². The van der Waals surface area contributed by atoms with E-state index in [0.717, 1.165) is 23.6 Å². The van der Waals surface area contributed by atoms with Crippen molar-refractivity contribution in [3.63, 3.8) is 0 Å². The largest absolute Gasteiger partial charge is 0.473 e. The molecule has 0 radical (unpaired) electrons. The Kier molecular flexibility index (Phi) is 10.8. The van der Waals surface area contributed by atoms with Gasteiger partial charge in [-0.1, -0.05) is 36.4 Å². The molecule has 1 heterocycles. The summed E-state index contributed by atoms with van der Waals surface area (Å²) in [7, 11) is 1.71. The van der Waals surface area contributed by atoms with E-state index in [1.165, 1.54) is 0 Å². The first kappa shape index (κ1) is 24.2. The third-order valence-electron chi connectivity index (χ3n) is 4.05. The molecule has 154 valence electrons. The lowest BCUT2D eigenvalue weighted by atomic mass is 10.1. The monoisotopic (exact) mass is 498 g/mol. The number of guanidine groups is 1. The zero-order valence-corrected chi connectivity index (χ0v) is 19.4. The number of nitrogens with zero attached hydrogens (tertiary/aromatic N) is 2. The summed E-state index contributed by atoms with van der Waals surface area (Å²) >= 11 is 0. The summed E-state index contributed by atoms with van der Waals surface area (Å²) in [4.78, 5) is 9.02. The molecule has 2 N–H and O–H groups in total. The molecule has 2 aromatic rings. The number of ether oxygens (including phenoxy) is 2. The second-order valence-corrected chi connectivity index (χ2v) is 6.75. The maximum Gasteiger partial charge on any atom is 0.218 e. The van der Waals surface area contributed by atoms with Crippen LogP contribution in [-0.4, -0.2) is 36.7 Å². The van der Waals surface area contributed by atoms with Crippen molar-refractivity contribution < 1.29 is 9.47 Å². The molecule has 0 saturated carbocycles.